The lowest BCUT2D eigenvalue weighted by atomic mass is 10.0. The number of fused-ring (bicyclic) bond motifs is 5. The highest BCUT2D eigenvalue weighted by Gasteiger charge is 2.27. The van der Waals surface area contributed by atoms with E-state index in [1.54, 1.807) is 27.0 Å². The first-order valence-electron chi connectivity index (χ1n) is 8.95. The van der Waals surface area contributed by atoms with Crippen molar-refractivity contribution in [1.82, 2.24) is 25.0 Å². The van der Waals surface area contributed by atoms with Crippen LogP contribution in [0.2, 0.25) is 0 Å². The molecule has 1 atom stereocenters. The minimum Gasteiger partial charge on any atom is -0.467 e. The predicted octanol–water partition coefficient (Wildman–Crippen LogP) is 1.29. The highest BCUT2D eigenvalue weighted by Crippen LogP contribution is 2.36. The lowest BCUT2D eigenvalue weighted by Gasteiger charge is -2.23. The zero-order chi connectivity index (χ0) is 17.5. The van der Waals surface area contributed by atoms with E-state index in [0.717, 1.165) is 41.3 Å². The largest absolute Gasteiger partial charge is 0.467 e. The number of quaternary nitrogens is 1. The fourth-order valence-electron chi connectivity index (χ4n) is 3.73. The lowest BCUT2D eigenvalue weighted by Crippen LogP contribution is -3.11. The second-order valence-electron chi connectivity index (χ2n) is 6.64. The first-order chi connectivity index (χ1) is 12.8. The number of anilines is 1. The summed E-state index contributed by atoms with van der Waals surface area (Å²) in [5.41, 5.74) is 1.40. The molecule has 2 N–H and O–H groups in total. The maximum atomic E-state index is 5.44. The molecule has 0 aromatic carbocycles. The van der Waals surface area contributed by atoms with Crippen molar-refractivity contribution < 1.29 is 9.32 Å². The van der Waals surface area contributed by atoms with Crippen molar-refractivity contribution in [3.05, 3.63) is 34.6 Å². The molecule has 4 aromatic heterocycles. The summed E-state index contributed by atoms with van der Waals surface area (Å²) in [6.07, 6.45) is 3.96. The summed E-state index contributed by atoms with van der Waals surface area (Å²) in [7, 11) is 0. The third kappa shape index (κ3) is 2.55. The van der Waals surface area contributed by atoms with E-state index in [1.165, 1.54) is 23.4 Å². The molecule has 0 aliphatic carbocycles. The van der Waals surface area contributed by atoms with Gasteiger partial charge in [0.15, 0.2) is 0 Å². The fraction of sp³-hybridized carbons (Fsp3) is 0.412. The van der Waals surface area contributed by atoms with Gasteiger partial charge in [-0.15, -0.1) is 11.3 Å². The maximum Gasteiger partial charge on any atom is 0.276 e. The molecule has 0 saturated carbocycles. The minimum atomic E-state index is 0.524. The van der Waals surface area contributed by atoms with E-state index in [2.05, 4.69) is 32.7 Å². The molecule has 4 aromatic rings. The van der Waals surface area contributed by atoms with Gasteiger partial charge in [0.25, 0.3) is 5.78 Å². The summed E-state index contributed by atoms with van der Waals surface area (Å²) in [5, 5.41) is 16.6. The number of nitrogens with zero attached hydrogens (tertiary/aromatic N) is 5. The van der Waals surface area contributed by atoms with Crippen LogP contribution in [-0.2, 0) is 19.5 Å². The predicted molar refractivity (Wildman–Crippen MR) is 98.4 cm³/mol. The zero-order valence-electron chi connectivity index (χ0n) is 14.5. The molecule has 0 saturated heterocycles. The molecule has 1 unspecified atom stereocenters. The average molecular weight is 370 g/mol. The third-order valence-corrected chi connectivity index (χ3v) is 6.13. The molecular weight excluding hydrogens is 350 g/mol. The molecule has 0 spiro atoms. The van der Waals surface area contributed by atoms with Crippen molar-refractivity contribution in [2.75, 3.05) is 18.4 Å². The monoisotopic (exact) mass is 370 g/mol. The van der Waals surface area contributed by atoms with Crippen LogP contribution in [0.15, 0.2) is 22.8 Å². The van der Waals surface area contributed by atoms with Crippen LogP contribution in [0.4, 0.5) is 5.82 Å². The summed E-state index contributed by atoms with van der Waals surface area (Å²) in [5.74, 6) is 2.24. The Bertz CT molecular complexity index is 1050. The Morgan fingerprint density at radius 2 is 2.38 bits per heavy atom. The van der Waals surface area contributed by atoms with Crippen LogP contribution in [0.25, 0.3) is 16.0 Å². The number of rotatable bonds is 5. The van der Waals surface area contributed by atoms with Gasteiger partial charge in [-0.2, -0.15) is 9.50 Å². The molecule has 0 amide bonds. The van der Waals surface area contributed by atoms with Crippen molar-refractivity contribution in [1.29, 1.82) is 0 Å². The van der Waals surface area contributed by atoms with Crippen molar-refractivity contribution in [3.8, 4) is 0 Å². The molecule has 9 heteroatoms. The fourth-order valence-corrected chi connectivity index (χ4v) is 5.10. The Kier molecular flexibility index (Phi) is 3.83. The zero-order valence-corrected chi connectivity index (χ0v) is 15.3. The molecule has 0 radical (unpaired) electrons. The number of thiophene rings is 1. The minimum absolute atomic E-state index is 0.524. The number of tetrazole rings is 1. The van der Waals surface area contributed by atoms with Gasteiger partial charge in [0.1, 0.15) is 23.0 Å². The van der Waals surface area contributed by atoms with E-state index in [0.29, 0.717) is 12.3 Å². The number of nitrogens with one attached hydrogen (secondary N) is 2. The summed E-state index contributed by atoms with van der Waals surface area (Å²) in [6.45, 7) is 6.29. The van der Waals surface area contributed by atoms with Gasteiger partial charge in [0.05, 0.1) is 36.2 Å². The molecule has 1 aliphatic rings. The molecule has 5 heterocycles. The normalized spacial score (nSPS) is 17.0. The Labute approximate surface area is 153 Å². The van der Waals surface area contributed by atoms with E-state index in [1.807, 2.05) is 12.1 Å². The van der Waals surface area contributed by atoms with E-state index in [9.17, 15) is 0 Å². The standard InChI is InChI=1S/C17H19N7OS/c1-2-6-23-7-5-12-13(10-23)26-16-14(12)15(18-9-11-4-3-8-25-11)19-17-20-21-22-24(16)17/h3-4,8H,2,5-7,9-10H2,1H3,(H,18,19,20,22)/p+1. The van der Waals surface area contributed by atoms with Crippen LogP contribution >= 0.6 is 11.3 Å². The van der Waals surface area contributed by atoms with Gasteiger partial charge in [-0.1, -0.05) is 12.0 Å². The van der Waals surface area contributed by atoms with Crippen LogP contribution < -0.4 is 10.2 Å². The highest BCUT2D eigenvalue weighted by molar-refractivity contribution is 7.19. The summed E-state index contributed by atoms with van der Waals surface area (Å²) >= 11 is 1.80. The smallest absolute Gasteiger partial charge is 0.276 e. The van der Waals surface area contributed by atoms with Crippen LogP contribution in [0, 0.1) is 0 Å². The van der Waals surface area contributed by atoms with Gasteiger partial charge in [0.2, 0.25) is 0 Å². The number of aromatic nitrogens is 5. The molecule has 5 rings (SSSR count). The summed E-state index contributed by atoms with van der Waals surface area (Å²) < 4.78 is 7.20. The number of hydrogen-bond acceptors (Lipinski definition) is 7. The van der Waals surface area contributed by atoms with E-state index >= 15 is 0 Å². The number of hydrogen-bond donors (Lipinski definition) is 2. The molecule has 0 bridgehead atoms. The molecule has 134 valence electrons. The molecule has 0 fully saturated rings. The van der Waals surface area contributed by atoms with E-state index in [-0.39, 0.29) is 0 Å². The SMILES string of the molecule is CCC[NH+]1CCc2c(sc3c2c(NCc2ccco2)nc2nnnn23)C1. The topological polar surface area (TPSA) is 85.6 Å². The average Bonchev–Trinajstić information content (AvgIpc) is 3.38. The van der Waals surface area contributed by atoms with Crippen LogP contribution in [0.5, 0.6) is 0 Å². The van der Waals surface area contributed by atoms with Gasteiger partial charge in [-0.3, -0.25) is 0 Å². The molecule has 1 aliphatic heterocycles. The van der Waals surface area contributed by atoms with Gasteiger partial charge >= 0.3 is 0 Å². The van der Waals surface area contributed by atoms with Gasteiger partial charge in [-0.05, 0) is 34.5 Å². The Balaban J connectivity index is 1.61. The van der Waals surface area contributed by atoms with Crippen molar-refractivity contribution in [2.24, 2.45) is 0 Å². The van der Waals surface area contributed by atoms with Gasteiger partial charge in [-0.25, -0.2) is 0 Å². The first-order valence-corrected chi connectivity index (χ1v) is 9.77. The lowest BCUT2D eigenvalue weighted by molar-refractivity contribution is -0.915. The first kappa shape index (κ1) is 15.7. The highest BCUT2D eigenvalue weighted by atomic mass is 32.1. The van der Waals surface area contributed by atoms with E-state index in [4.69, 9.17) is 4.42 Å². The van der Waals surface area contributed by atoms with Crippen LogP contribution in [0.1, 0.15) is 29.5 Å². The number of furan rings is 1. The van der Waals surface area contributed by atoms with Crippen LogP contribution in [-0.4, -0.2) is 38.1 Å². The van der Waals surface area contributed by atoms with Gasteiger partial charge < -0.3 is 14.6 Å². The second-order valence-corrected chi connectivity index (χ2v) is 7.73. The summed E-state index contributed by atoms with van der Waals surface area (Å²) in [6, 6.07) is 3.85. The molecule has 8 nitrogen and oxygen atoms in total. The van der Waals surface area contributed by atoms with E-state index < -0.39 is 0 Å². The van der Waals surface area contributed by atoms with Crippen molar-refractivity contribution in [2.45, 2.75) is 32.9 Å². The quantitative estimate of drug-likeness (QED) is 0.551. The summed E-state index contributed by atoms with van der Waals surface area (Å²) in [4.78, 5) is 8.83. The Morgan fingerprint density at radius 1 is 1.42 bits per heavy atom. The van der Waals surface area contributed by atoms with Crippen molar-refractivity contribution >= 4 is 33.1 Å². The van der Waals surface area contributed by atoms with Crippen molar-refractivity contribution in [3.63, 3.8) is 0 Å². The third-order valence-electron chi connectivity index (χ3n) is 4.92. The van der Waals surface area contributed by atoms with Gasteiger partial charge in [0, 0.05) is 6.42 Å². The maximum absolute atomic E-state index is 5.44. The van der Waals surface area contributed by atoms with Crippen LogP contribution in [0.3, 0.4) is 0 Å². The molecule has 26 heavy (non-hydrogen) atoms. The Hall–Kier alpha value is -2.52. The second kappa shape index (κ2) is 6.33. The molecular formula is C17H20N7OS+. The Morgan fingerprint density at radius 3 is 3.23 bits per heavy atom.